The van der Waals surface area contributed by atoms with Gasteiger partial charge in [0.25, 0.3) is 0 Å². The minimum Gasteiger partial charge on any atom is -0.476 e. The predicted octanol–water partition coefficient (Wildman–Crippen LogP) is 2.72. The molecule has 0 saturated carbocycles. The summed E-state index contributed by atoms with van der Waals surface area (Å²) < 4.78 is 5.55. The molecule has 3 rings (SSSR count). The van der Waals surface area contributed by atoms with Gasteiger partial charge in [-0.1, -0.05) is 23.7 Å². The lowest BCUT2D eigenvalue weighted by molar-refractivity contribution is 0.0427. The second-order valence-corrected chi connectivity index (χ2v) is 5.66. The van der Waals surface area contributed by atoms with Crippen LogP contribution in [0.25, 0.3) is 11.3 Å². The third kappa shape index (κ3) is 3.28. The summed E-state index contributed by atoms with van der Waals surface area (Å²) in [6.45, 7) is 4.07. The number of hydrogen-bond acceptors (Lipinski definition) is 5. The van der Waals surface area contributed by atoms with Gasteiger partial charge in [0.2, 0.25) is 0 Å². The molecule has 120 valence electrons. The summed E-state index contributed by atoms with van der Waals surface area (Å²) in [4.78, 5) is 21.8. The zero-order valence-electron chi connectivity index (χ0n) is 12.6. The summed E-state index contributed by atoms with van der Waals surface area (Å²) in [5.41, 5.74) is 1.23. The highest BCUT2D eigenvalue weighted by Gasteiger charge is 2.31. The molecular weight excluding hydrogens is 318 g/mol. The third-order valence-corrected chi connectivity index (χ3v) is 3.89. The Morgan fingerprint density at radius 3 is 2.70 bits per heavy atom. The standard InChI is InChI=1S/C16H16ClN3O3/c1-2-23-12-8-20(9-12)15-14(10-3-5-11(17)6-4-10)19-13(7-18-15)16(21)22/h3-7,12H,2,8-9H2,1H3,(H,21,22). The highest BCUT2D eigenvalue weighted by atomic mass is 35.5. The van der Waals surface area contributed by atoms with E-state index in [1.54, 1.807) is 24.3 Å². The number of anilines is 1. The van der Waals surface area contributed by atoms with Crippen LogP contribution in [0, 0.1) is 0 Å². The van der Waals surface area contributed by atoms with Crippen molar-refractivity contribution in [2.24, 2.45) is 0 Å². The molecule has 0 radical (unpaired) electrons. The van der Waals surface area contributed by atoms with Gasteiger partial charge in [-0.2, -0.15) is 0 Å². The first kappa shape index (κ1) is 15.7. The molecular formula is C16H16ClN3O3. The van der Waals surface area contributed by atoms with E-state index < -0.39 is 5.97 Å². The summed E-state index contributed by atoms with van der Waals surface area (Å²) in [5.74, 6) is -0.441. The highest BCUT2D eigenvalue weighted by Crippen LogP contribution is 2.31. The Bertz CT molecular complexity index is 715. The van der Waals surface area contributed by atoms with Gasteiger partial charge in [-0.25, -0.2) is 14.8 Å². The fourth-order valence-corrected chi connectivity index (χ4v) is 2.60. The van der Waals surface area contributed by atoms with Crippen molar-refractivity contribution < 1.29 is 14.6 Å². The Hall–Kier alpha value is -2.18. The van der Waals surface area contributed by atoms with Gasteiger partial charge >= 0.3 is 5.97 Å². The second kappa shape index (κ2) is 6.52. The topological polar surface area (TPSA) is 75.5 Å². The number of carbonyl (C=O) groups is 1. The van der Waals surface area contributed by atoms with Crippen LogP contribution in [0.5, 0.6) is 0 Å². The number of carboxylic acids is 1. The number of ether oxygens (including phenoxy) is 1. The molecule has 7 heteroatoms. The second-order valence-electron chi connectivity index (χ2n) is 5.22. The molecule has 1 aliphatic heterocycles. The van der Waals surface area contributed by atoms with Crippen LogP contribution >= 0.6 is 11.6 Å². The number of rotatable bonds is 5. The normalized spacial score (nSPS) is 14.6. The molecule has 1 fully saturated rings. The van der Waals surface area contributed by atoms with Crippen molar-refractivity contribution >= 4 is 23.4 Å². The molecule has 2 aromatic rings. The molecule has 1 aromatic heterocycles. The Balaban J connectivity index is 1.95. The number of benzene rings is 1. The number of hydrogen-bond donors (Lipinski definition) is 1. The summed E-state index contributed by atoms with van der Waals surface area (Å²) in [5, 5.41) is 9.77. The first-order chi connectivity index (χ1) is 11.1. The van der Waals surface area contributed by atoms with E-state index in [1.807, 2.05) is 11.8 Å². The van der Waals surface area contributed by atoms with Gasteiger partial charge in [-0.15, -0.1) is 0 Å². The number of carboxylic acid groups (broad SMARTS) is 1. The summed E-state index contributed by atoms with van der Waals surface area (Å²) in [6, 6.07) is 7.10. The van der Waals surface area contributed by atoms with E-state index in [9.17, 15) is 4.79 Å². The largest absolute Gasteiger partial charge is 0.476 e. The minimum atomic E-state index is -1.10. The van der Waals surface area contributed by atoms with Gasteiger partial charge in [-0.3, -0.25) is 0 Å². The van der Waals surface area contributed by atoms with Crippen molar-refractivity contribution in [3.8, 4) is 11.3 Å². The first-order valence-corrected chi connectivity index (χ1v) is 7.69. The van der Waals surface area contributed by atoms with Crippen LogP contribution in [0.4, 0.5) is 5.82 Å². The van der Waals surface area contributed by atoms with Gasteiger partial charge in [0.05, 0.1) is 12.3 Å². The van der Waals surface area contributed by atoms with Crippen LogP contribution < -0.4 is 4.90 Å². The monoisotopic (exact) mass is 333 g/mol. The van der Waals surface area contributed by atoms with Gasteiger partial charge in [0.1, 0.15) is 5.69 Å². The SMILES string of the molecule is CCOC1CN(c2ncc(C(=O)O)nc2-c2ccc(Cl)cc2)C1. The van der Waals surface area contributed by atoms with E-state index in [0.717, 1.165) is 18.7 Å². The van der Waals surface area contributed by atoms with Crippen molar-refractivity contribution in [1.82, 2.24) is 9.97 Å². The maximum Gasteiger partial charge on any atom is 0.356 e. The minimum absolute atomic E-state index is 0.0828. The third-order valence-electron chi connectivity index (χ3n) is 3.64. The highest BCUT2D eigenvalue weighted by molar-refractivity contribution is 6.30. The molecule has 0 atom stereocenters. The Kier molecular flexibility index (Phi) is 4.45. The Morgan fingerprint density at radius 2 is 2.09 bits per heavy atom. The van der Waals surface area contributed by atoms with Crippen LogP contribution in [0.15, 0.2) is 30.5 Å². The molecule has 0 spiro atoms. The molecule has 1 N–H and O–H groups in total. The lowest BCUT2D eigenvalue weighted by atomic mass is 10.1. The van der Waals surface area contributed by atoms with Crippen molar-refractivity contribution in [2.75, 3.05) is 24.6 Å². The predicted molar refractivity (Wildman–Crippen MR) is 87.1 cm³/mol. The summed E-state index contributed by atoms with van der Waals surface area (Å²) in [6.07, 6.45) is 1.46. The fraction of sp³-hybridized carbons (Fsp3) is 0.312. The van der Waals surface area contributed by atoms with Crippen molar-refractivity contribution in [3.63, 3.8) is 0 Å². The van der Waals surface area contributed by atoms with Gasteiger partial charge < -0.3 is 14.7 Å². The average molecular weight is 334 g/mol. The van der Waals surface area contributed by atoms with Crippen LogP contribution in [-0.2, 0) is 4.74 Å². The van der Waals surface area contributed by atoms with E-state index in [-0.39, 0.29) is 11.8 Å². The quantitative estimate of drug-likeness (QED) is 0.906. The Morgan fingerprint density at radius 1 is 1.39 bits per heavy atom. The number of aromatic carboxylic acids is 1. The molecule has 2 heterocycles. The maximum atomic E-state index is 11.2. The van der Waals surface area contributed by atoms with Crippen LogP contribution in [-0.4, -0.2) is 46.8 Å². The zero-order chi connectivity index (χ0) is 16.4. The van der Waals surface area contributed by atoms with Gasteiger partial charge in [0.15, 0.2) is 11.5 Å². The molecule has 1 saturated heterocycles. The lowest BCUT2D eigenvalue weighted by Crippen LogP contribution is -2.53. The van der Waals surface area contributed by atoms with Gasteiger partial charge in [0, 0.05) is 30.3 Å². The smallest absolute Gasteiger partial charge is 0.356 e. The molecule has 0 bridgehead atoms. The lowest BCUT2D eigenvalue weighted by Gasteiger charge is -2.40. The number of aromatic nitrogens is 2. The van der Waals surface area contributed by atoms with E-state index in [2.05, 4.69) is 9.97 Å². The van der Waals surface area contributed by atoms with Crippen LogP contribution in [0.1, 0.15) is 17.4 Å². The number of nitrogens with zero attached hydrogens (tertiary/aromatic N) is 3. The fourth-order valence-electron chi connectivity index (χ4n) is 2.47. The molecule has 6 nitrogen and oxygen atoms in total. The first-order valence-electron chi connectivity index (χ1n) is 7.31. The van der Waals surface area contributed by atoms with E-state index in [0.29, 0.717) is 23.1 Å². The van der Waals surface area contributed by atoms with Crippen LogP contribution in [0.2, 0.25) is 5.02 Å². The molecule has 0 aliphatic carbocycles. The van der Waals surface area contributed by atoms with Crippen molar-refractivity contribution in [2.45, 2.75) is 13.0 Å². The Labute approximate surface area is 138 Å². The molecule has 0 amide bonds. The van der Waals surface area contributed by atoms with E-state index in [4.69, 9.17) is 21.4 Å². The molecule has 23 heavy (non-hydrogen) atoms. The van der Waals surface area contributed by atoms with Crippen LogP contribution in [0.3, 0.4) is 0 Å². The molecule has 1 aromatic carbocycles. The maximum absolute atomic E-state index is 11.2. The molecule has 0 unspecified atom stereocenters. The van der Waals surface area contributed by atoms with Crippen molar-refractivity contribution in [1.29, 1.82) is 0 Å². The summed E-state index contributed by atoms with van der Waals surface area (Å²) >= 11 is 5.92. The average Bonchev–Trinajstić information content (AvgIpc) is 2.51. The van der Waals surface area contributed by atoms with Crippen molar-refractivity contribution in [3.05, 3.63) is 41.2 Å². The van der Waals surface area contributed by atoms with Gasteiger partial charge in [-0.05, 0) is 19.1 Å². The van der Waals surface area contributed by atoms with E-state index >= 15 is 0 Å². The zero-order valence-corrected chi connectivity index (χ0v) is 13.3. The number of halogens is 1. The van der Waals surface area contributed by atoms with E-state index in [1.165, 1.54) is 6.20 Å². The molecule has 1 aliphatic rings. The summed E-state index contributed by atoms with van der Waals surface area (Å²) in [7, 11) is 0.